The van der Waals surface area contributed by atoms with E-state index in [0.29, 0.717) is 18.3 Å². The molecule has 0 aromatic heterocycles. The summed E-state index contributed by atoms with van der Waals surface area (Å²) in [7, 11) is 0. The second-order valence-corrected chi connectivity index (χ2v) is 3.19. The third kappa shape index (κ3) is 3.96. The molecule has 0 aliphatic rings. The van der Waals surface area contributed by atoms with Gasteiger partial charge in [0.2, 0.25) is 0 Å². The van der Waals surface area contributed by atoms with E-state index in [2.05, 4.69) is 21.9 Å². The van der Waals surface area contributed by atoms with Gasteiger partial charge in [-0.2, -0.15) is 0 Å². The Morgan fingerprint density at radius 2 is 2.28 bits per heavy atom. The topological polar surface area (TPSA) is 109 Å². The fourth-order valence-corrected chi connectivity index (χ4v) is 1.20. The van der Waals surface area contributed by atoms with Crippen molar-refractivity contribution >= 4 is 12.0 Å². The maximum atomic E-state index is 10.6. The van der Waals surface area contributed by atoms with Gasteiger partial charge in [-0.1, -0.05) is 17.0 Å². The molecule has 0 atom stereocenters. The second-order valence-electron chi connectivity index (χ2n) is 3.19. The normalized spacial score (nSPS) is 8.67. The van der Waals surface area contributed by atoms with Crippen LogP contribution in [0.5, 0.6) is 0 Å². The van der Waals surface area contributed by atoms with Gasteiger partial charge in [-0.3, -0.25) is 14.9 Å². The number of non-ortho nitro benzene ring substituents is 1. The zero-order chi connectivity index (χ0) is 13.4. The average molecular weight is 244 g/mol. The first-order valence-corrected chi connectivity index (χ1v) is 4.91. The predicted molar refractivity (Wildman–Crippen MR) is 64.0 cm³/mol. The minimum atomic E-state index is -0.585. The van der Waals surface area contributed by atoms with E-state index in [1.807, 2.05) is 0 Å². The van der Waals surface area contributed by atoms with Crippen LogP contribution in [0.2, 0.25) is 0 Å². The van der Waals surface area contributed by atoms with Crippen LogP contribution in [-0.2, 0) is 0 Å². The van der Waals surface area contributed by atoms with Crippen LogP contribution in [0.25, 0.3) is 10.4 Å². The molecule has 0 radical (unpaired) electrons. The van der Waals surface area contributed by atoms with Gasteiger partial charge in [0, 0.05) is 41.1 Å². The molecule has 0 N–H and O–H groups in total. The van der Waals surface area contributed by atoms with E-state index in [0.717, 1.165) is 0 Å². The molecule has 0 heterocycles. The number of carbonyl (C=O) groups excluding carboxylic acids is 1. The Labute approximate surface area is 102 Å². The second kappa shape index (κ2) is 6.68. The highest BCUT2D eigenvalue weighted by atomic mass is 16.6. The first kappa shape index (κ1) is 13.2. The van der Waals surface area contributed by atoms with Crippen molar-refractivity contribution in [2.75, 3.05) is 6.54 Å². The Morgan fingerprint density at radius 1 is 1.50 bits per heavy atom. The van der Waals surface area contributed by atoms with Crippen LogP contribution in [0, 0.1) is 22.0 Å². The predicted octanol–water partition coefficient (Wildman–Crippen LogP) is 2.46. The Bertz CT molecular complexity index is 580. The van der Waals surface area contributed by atoms with E-state index < -0.39 is 4.92 Å². The summed E-state index contributed by atoms with van der Waals surface area (Å²) >= 11 is 0. The molecular weight excluding hydrogens is 236 g/mol. The van der Waals surface area contributed by atoms with E-state index in [9.17, 15) is 14.9 Å². The zero-order valence-electron chi connectivity index (χ0n) is 9.24. The lowest BCUT2D eigenvalue weighted by Crippen LogP contribution is -1.91. The minimum Gasteiger partial charge on any atom is -0.298 e. The molecule has 0 aliphatic carbocycles. The van der Waals surface area contributed by atoms with Gasteiger partial charge in [-0.15, -0.1) is 0 Å². The van der Waals surface area contributed by atoms with Crippen LogP contribution >= 0.6 is 0 Å². The summed E-state index contributed by atoms with van der Waals surface area (Å²) in [5.41, 5.74) is 8.44. The summed E-state index contributed by atoms with van der Waals surface area (Å²) in [6.07, 6.45) is 0.876. The number of nitrogens with zero attached hydrogens (tertiary/aromatic N) is 4. The maximum absolute atomic E-state index is 10.6. The van der Waals surface area contributed by atoms with Crippen LogP contribution in [0.1, 0.15) is 22.3 Å². The SMILES string of the molecule is [N-]=[N+]=NCCC#Cc1cc(C=O)cc([N+](=O)[O-])c1. The summed E-state index contributed by atoms with van der Waals surface area (Å²) in [6.45, 7) is 0.235. The van der Waals surface area contributed by atoms with Crippen molar-refractivity contribution in [1.82, 2.24) is 0 Å². The molecule has 0 aliphatic heterocycles. The van der Waals surface area contributed by atoms with Crippen molar-refractivity contribution in [1.29, 1.82) is 0 Å². The van der Waals surface area contributed by atoms with E-state index in [4.69, 9.17) is 5.53 Å². The summed E-state index contributed by atoms with van der Waals surface area (Å²) < 4.78 is 0. The molecule has 0 bridgehead atoms. The van der Waals surface area contributed by atoms with E-state index >= 15 is 0 Å². The van der Waals surface area contributed by atoms with Crippen LogP contribution in [0.3, 0.4) is 0 Å². The molecule has 90 valence electrons. The van der Waals surface area contributed by atoms with Crippen molar-refractivity contribution in [2.24, 2.45) is 5.11 Å². The highest BCUT2D eigenvalue weighted by molar-refractivity contribution is 5.77. The molecule has 0 saturated carbocycles. The molecule has 18 heavy (non-hydrogen) atoms. The summed E-state index contributed by atoms with van der Waals surface area (Å²) in [5, 5.41) is 13.9. The van der Waals surface area contributed by atoms with Crippen LogP contribution in [0.15, 0.2) is 23.3 Å². The highest BCUT2D eigenvalue weighted by Crippen LogP contribution is 2.15. The molecule has 7 nitrogen and oxygen atoms in total. The lowest BCUT2D eigenvalue weighted by atomic mass is 10.1. The molecule has 1 aromatic carbocycles. The lowest BCUT2D eigenvalue weighted by Gasteiger charge is -1.95. The quantitative estimate of drug-likeness (QED) is 0.118. The average Bonchev–Trinajstić information content (AvgIpc) is 2.38. The van der Waals surface area contributed by atoms with Crippen molar-refractivity contribution in [2.45, 2.75) is 6.42 Å². The standard InChI is InChI=1S/C11H8N4O3/c12-14-13-4-2-1-3-9-5-10(8-16)7-11(6-9)15(17)18/h5-8H,2,4H2. The first-order chi connectivity index (χ1) is 8.67. The third-order valence-electron chi connectivity index (χ3n) is 1.92. The number of hydrogen-bond donors (Lipinski definition) is 0. The van der Waals surface area contributed by atoms with E-state index in [1.165, 1.54) is 18.2 Å². The zero-order valence-corrected chi connectivity index (χ0v) is 9.24. The maximum Gasteiger partial charge on any atom is 0.271 e. The van der Waals surface area contributed by atoms with Gasteiger partial charge >= 0.3 is 0 Å². The van der Waals surface area contributed by atoms with Gasteiger partial charge in [0.1, 0.15) is 6.29 Å². The van der Waals surface area contributed by atoms with Gasteiger partial charge in [-0.05, 0) is 11.6 Å². The Balaban J connectivity index is 2.94. The van der Waals surface area contributed by atoms with Gasteiger partial charge in [0.05, 0.1) is 4.92 Å². The van der Waals surface area contributed by atoms with Crippen LogP contribution < -0.4 is 0 Å². The highest BCUT2D eigenvalue weighted by Gasteiger charge is 2.08. The van der Waals surface area contributed by atoms with Crippen molar-refractivity contribution in [3.8, 4) is 11.8 Å². The molecular formula is C11H8N4O3. The van der Waals surface area contributed by atoms with E-state index in [-0.39, 0.29) is 17.8 Å². The number of carbonyl (C=O) groups is 1. The fraction of sp³-hybridized carbons (Fsp3) is 0.182. The molecule has 0 amide bonds. The number of azide groups is 1. The van der Waals surface area contributed by atoms with Gasteiger partial charge in [-0.25, -0.2) is 0 Å². The monoisotopic (exact) mass is 244 g/mol. The number of nitro benzene ring substituents is 1. The Morgan fingerprint density at radius 3 is 2.89 bits per heavy atom. The number of nitro groups is 1. The minimum absolute atomic E-state index is 0.182. The molecule has 0 fully saturated rings. The Hall–Kier alpha value is -2.84. The molecule has 0 spiro atoms. The van der Waals surface area contributed by atoms with Crippen LogP contribution in [-0.4, -0.2) is 17.8 Å². The van der Waals surface area contributed by atoms with Gasteiger partial charge in [0.15, 0.2) is 0 Å². The summed E-state index contributed by atoms with van der Waals surface area (Å²) in [5.74, 6) is 5.38. The van der Waals surface area contributed by atoms with Crippen molar-refractivity contribution in [3.63, 3.8) is 0 Å². The van der Waals surface area contributed by atoms with Gasteiger partial charge in [0.25, 0.3) is 5.69 Å². The lowest BCUT2D eigenvalue weighted by molar-refractivity contribution is -0.384. The Kier molecular flexibility index (Phi) is 4.91. The number of benzene rings is 1. The fourth-order valence-electron chi connectivity index (χ4n) is 1.20. The van der Waals surface area contributed by atoms with Crippen molar-refractivity contribution < 1.29 is 9.72 Å². The smallest absolute Gasteiger partial charge is 0.271 e. The van der Waals surface area contributed by atoms with E-state index in [1.54, 1.807) is 0 Å². The summed E-state index contributed by atoms with van der Waals surface area (Å²) in [4.78, 5) is 23.2. The molecule has 0 unspecified atom stereocenters. The molecule has 1 rings (SSSR count). The summed E-state index contributed by atoms with van der Waals surface area (Å²) in [6, 6.07) is 3.92. The van der Waals surface area contributed by atoms with Gasteiger partial charge < -0.3 is 0 Å². The van der Waals surface area contributed by atoms with Crippen molar-refractivity contribution in [3.05, 3.63) is 49.9 Å². The number of hydrogen-bond acceptors (Lipinski definition) is 4. The third-order valence-corrected chi connectivity index (χ3v) is 1.92. The number of aldehydes is 1. The molecule has 7 heteroatoms. The molecule has 1 aromatic rings. The number of rotatable bonds is 4. The first-order valence-electron chi connectivity index (χ1n) is 4.91. The molecule has 0 saturated heterocycles. The van der Waals surface area contributed by atoms with Crippen LogP contribution in [0.4, 0.5) is 5.69 Å². The largest absolute Gasteiger partial charge is 0.298 e.